The van der Waals surface area contributed by atoms with Crippen LogP contribution in [0.25, 0.3) is 0 Å². The maximum Gasteiger partial charge on any atom is 0.269 e. The highest BCUT2D eigenvalue weighted by Gasteiger charge is 2.23. The molecule has 1 aromatic heterocycles. The molecule has 0 bridgehead atoms. The Balaban J connectivity index is 1.65. The summed E-state index contributed by atoms with van der Waals surface area (Å²) in [5.74, 6) is 0.489. The lowest BCUT2D eigenvalue weighted by Gasteiger charge is -2.36. The molecule has 2 heterocycles. The number of carbonyl (C=O) groups excluding carboxylic acids is 1. The van der Waals surface area contributed by atoms with Crippen molar-refractivity contribution in [3.8, 4) is 0 Å². The Morgan fingerprint density at radius 1 is 1.19 bits per heavy atom. The van der Waals surface area contributed by atoms with Crippen molar-refractivity contribution < 1.29 is 14.5 Å². The zero-order valence-corrected chi connectivity index (χ0v) is 14.6. The van der Waals surface area contributed by atoms with Gasteiger partial charge < -0.3 is 15.0 Å². The molecular formula is C18H20N4O4. The third-order valence-electron chi connectivity index (χ3n) is 4.09. The highest BCUT2D eigenvalue weighted by atomic mass is 16.6. The van der Waals surface area contributed by atoms with Crippen LogP contribution in [0.1, 0.15) is 24.2 Å². The molecule has 0 unspecified atom stereocenters. The van der Waals surface area contributed by atoms with Crippen LogP contribution in [0.3, 0.4) is 0 Å². The molecule has 26 heavy (non-hydrogen) atoms. The van der Waals surface area contributed by atoms with Gasteiger partial charge in [-0.3, -0.25) is 14.9 Å². The van der Waals surface area contributed by atoms with Crippen molar-refractivity contribution in [1.82, 2.24) is 4.98 Å². The number of nitrogens with zero attached hydrogens (tertiary/aromatic N) is 3. The lowest BCUT2D eigenvalue weighted by molar-refractivity contribution is -0.384. The first kappa shape index (κ1) is 17.8. The Bertz CT molecular complexity index is 782. The number of morpholine rings is 1. The lowest BCUT2D eigenvalue weighted by atomic mass is 10.2. The first-order valence-corrected chi connectivity index (χ1v) is 8.34. The quantitative estimate of drug-likeness (QED) is 0.668. The lowest BCUT2D eigenvalue weighted by Crippen LogP contribution is -2.45. The van der Waals surface area contributed by atoms with Crippen LogP contribution in [0.4, 0.5) is 17.2 Å². The van der Waals surface area contributed by atoms with Gasteiger partial charge in [-0.05, 0) is 38.1 Å². The van der Waals surface area contributed by atoms with Gasteiger partial charge in [0.25, 0.3) is 11.6 Å². The van der Waals surface area contributed by atoms with Gasteiger partial charge in [-0.15, -0.1) is 0 Å². The minimum atomic E-state index is -0.502. The highest BCUT2D eigenvalue weighted by Crippen LogP contribution is 2.20. The van der Waals surface area contributed by atoms with E-state index in [2.05, 4.69) is 15.2 Å². The largest absolute Gasteiger partial charge is 0.372 e. The number of nitrogens with one attached hydrogen (secondary N) is 1. The van der Waals surface area contributed by atoms with Crippen molar-refractivity contribution >= 4 is 23.1 Å². The number of ether oxygens (including phenoxy) is 1. The normalized spacial score (nSPS) is 19.8. The number of benzene rings is 1. The molecule has 1 saturated heterocycles. The standard InChI is InChI=1S/C18H20N4O4/c1-12-10-21(11-13(2)26-12)17-8-5-15(9-19-17)20-18(23)14-3-6-16(7-4-14)22(24)25/h3-9,12-13H,10-11H2,1-2H3,(H,20,23)/t12-,13-/m1/s1. The molecule has 2 atom stereocenters. The topological polar surface area (TPSA) is 97.6 Å². The summed E-state index contributed by atoms with van der Waals surface area (Å²) in [5, 5.41) is 13.4. The average Bonchev–Trinajstić information content (AvgIpc) is 2.61. The molecule has 0 spiro atoms. The second-order valence-corrected chi connectivity index (χ2v) is 6.33. The van der Waals surface area contributed by atoms with Gasteiger partial charge in [-0.2, -0.15) is 0 Å². The van der Waals surface area contributed by atoms with Crippen molar-refractivity contribution in [3.05, 3.63) is 58.3 Å². The van der Waals surface area contributed by atoms with Gasteiger partial charge in [0.15, 0.2) is 0 Å². The zero-order chi connectivity index (χ0) is 18.7. The molecule has 0 radical (unpaired) electrons. The van der Waals surface area contributed by atoms with E-state index in [1.165, 1.54) is 24.3 Å². The molecule has 3 rings (SSSR count). The minimum absolute atomic E-state index is 0.0541. The number of non-ortho nitro benzene ring substituents is 1. The van der Waals surface area contributed by atoms with Gasteiger partial charge in [0.1, 0.15) is 5.82 Å². The van der Waals surface area contributed by atoms with Gasteiger partial charge in [0.05, 0.1) is 29.0 Å². The van der Waals surface area contributed by atoms with Crippen LogP contribution >= 0.6 is 0 Å². The predicted molar refractivity (Wildman–Crippen MR) is 97.5 cm³/mol. The van der Waals surface area contributed by atoms with Crippen molar-refractivity contribution in [2.75, 3.05) is 23.3 Å². The second kappa shape index (κ2) is 7.49. The molecule has 0 saturated carbocycles. The van der Waals surface area contributed by atoms with E-state index >= 15 is 0 Å². The van der Waals surface area contributed by atoms with Crippen LogP contribution in [-0.4, -0.2) is 41.1 Å². The van der Waals surface area contributed by atoms with Crippen molar-refractivity contribution in [2.24, 2.45) is 0 Å². The number of nitro benzene ring substituents is 1. The van der Waals surface area contributed by atoms with Gasteiger partial charge in [0.2, 0.25) is 0 Å². The third kappa shape index (κ3) is 4.15. The number of rotatable bonds is 4. The predicted octanol–water partition coefficient (Wildman–Crippen LogP) is 2.86. The number of hydrogen-bond donors (Lipinski definition) is 1. The fourth-order valence-corrected chi connectivity index (χ4v) is 2.95. The summed E-state index contributed by atoms with van der Waals surface area (Å²) in [6, 6.07) is 9.10. The summed E-state index contributed by atoms with van der Waals surface area (Å²) in [5.41, 5.74) is 0.850. The molecule has 1 aliphatic rings. The summed E-state index contributed by atoms with van der Waals surface area (Å²) < 4.78 is 5.72. The van der Waals surface area contributed by atoms with Gasteiger partial charge in [-0.25, -0.2) is 4.98 Å². The number of hydrogen-bond acceptors (Lipinski definition) is 6. The Labute approximate surface area is 150 Å². The van der Waals surface area contributed by atoms with E-state index in [0.29, 0.717) is 11.3 Å². The fourth-order valence-electron chi connectivity index (χ4n) is 2.95. The molecule has 1 aliphatic heterocycles. The Hall–Kier alpha value is -3.00. The van der Waals surface area contributed by atoms with Crippen LogP contribution in [0, 0.1) is 10.1 Å². The molecule has 1 N–H and O–H groups in total. The third-order valence-corrected chi connectivity index (χ3v) is 4.09. The second-order valence-electron chi connectivity index (χ2n) is 6.33. The van der Waals surface area contributed by atoms with Crippen LogP contribution in [-0.2, 0) is 4.74 Å². The highest BCUT2D eigenvalue weighted by molar-refractivity contribution is 6.04. The molecule has 8 heteroatoms. The number of carbonyl (C=O) groups is 1. The molecule has 8 nitrogen and oxygen atoms in total. The summed E-state index contributed by atoms with van der Waals surface area (Å²) >= 11 is 0. The summed E-state index contributed by atoms with van der Waals surface area (Å²) in [4.78, 5) is 29.0. The van der Waals surface area contributed by atoms with E-state index < -0.39 is 4.92 Å². The fraction of sp³-hybridized carbons (Fsp3) is 0.333. The number of anilines is 2. The van der Waals surface area contributed by atoms with Crippen molar-refractivity contribution in [1.29, 1.82) is 0 Å². The first-order valence-electron chi connectivity index (χ1n) is 8.34. The van der Waals surface area contributed by atoms with E-state index in [1.54, 1.807) is 12.3 Å². The van der Waals surface area contributed by atoms with Gasteiger partial charge in [0, 0.05) is 30.8 Å². The minimum Gasteiger partial charge on any atom is -0.372 e. The molecular weight excluding hydrogens is 336 g/mol. The van der Waals surface area contributed by atoms with Gasteiger partial charge in [-0.1, -0.05) is 0 Å². The molecule has 0 aliphatic carbocycles. The zero-order valence-electron chi connectivity index (χ0n) is 14.6. The van der Waals surface area contributed by atoms with Crippen LogP contribution in [0.15, 0.2) is 42.6 Å². The molecule has 1 aromatic carbocycles. The Morgan fingerprint density at radius 2 is 1.85 bits per heavy atom. The van der Waals surface area contributed by atoms with Crippen LogP contribution in [0.5, 0.6) is 0 Å². The maximum atomic E-state index is 12.2. The molecule has 1 amide bonds. The Morgan fingerprint density at radius 3 is 2.38 bits per heavy atom. The van der Waals surface area contributed by atoms with E-state index in [0.717, 1.165) is 18.9 Å². The van der Waals surface area contributed by atoms with E-state index in [1.807, 2.05) is 19.9 Å². The van der Waals surface area contributed by atoms with E-state index in [-0.39, 0.29) is 23.8 Å². The number of nitro groups is 1. The summed E-state index contributed by atoms with van der Waals surface area (Å²) in [6.07, 6.45) is 1.88. The number of pyridine rings is 1. The van der Waals surface area contributed by atoms with Crippen molar-refractivity contribution in [3.63, 3.8) is 0 Å². The maximum absolute atomic E-state index is 12.2. The average molecular weight is 356 g/mol. The Kier molecular flexibility index (Phi) is 5.13. The summed E-state index contributed by atoms with van der Waals surface area (Å²) in [6.45, 7) is 5.60. The monoisotopic (exact) mass is 356 g/mol. The summed E-state index contributed by atoms with van der Waals surface area (Å²) in [7, 11) is 0. The first-order chi connectivity index (χ1) is 12.4. The van der Waals surface area contributed by atoms with Crippen LogP contribution < -0.4 is 10.2 Å². The van der Waals surface area contributed by atoms with E-state index in [4.69, 9.17) is 4.74 Å². The molecule has 1 fully saturated rings. The van der Waals surface area contributed by atoms with Crippen molar-refractivity contribution in [2.45, 2.75) is 26.1 Å². The number of amides is 1. The smallest absolute Gasteiger partial charge is 0.269 e. The number of aromatic nitrogens is 1. The van der Waals surface area contributed by atoms with Crippen LogP contribution in [0.2, 0.25) is 0 Å². The molecule has 136 valence electrons. The SMILES string of the molecule is C[C@@H]1CN(c2ccc(NC(=O)c3ccc([N+](=O)[O-])cc3)cn2)C[C@@H](C)O1. The van der Waals surface area contributed by atoms with Gasteiger partial charge >= 0.3 is 0 Å². The van der Waals surface area contributed by atoms with E-state index in [9.17, 15) is 14.9 Å². The molecule has 2 aromatic rings.